The van der Waals surface area contributed by atoms with Crippen LogP contribution in [0.2, 0.25) is 0 Å². The summed E-state index contributed by atoms with van der Waals surface area (Å²) in [5.74, 6) is 1.07. The van der Waals surface area contributed by atoms with Crippen molar-refractivity contribution in [2.24, 2.45) is 0 Å². The number of sulfonamides is 1. The van der Waals surface area contributed by atoms with Gasteiger partial charge in [0.15, 0.2) is 11.5 Å². The zero-order valence-electron chi connectivity index (χ0n) is 20.5. The second-order valence-corrected chi connectivity index (χ2v) is 10.4. The van der Waals surface area contributed by atoms with Gasteiger partial charge in [-0.1, -0.05) is 11.2 Å². The van der Waals surface area contributed by atoms with Gasteiger partial charge in [-0.15, -0.1) is 5.10 Å². The molecule has 200 valence electrons. The molecule has 0 spiro atoms. The van der Waals surface area contributed by atoms with Gasteiger partial charge in [-0.2, -0.15) is 4.31 Å². The zero-order valence-corrected chi connectivity index (χ0v) is 21.3. The molecule has 0 aliphatic carbocycles. The number of anilines is 1. The first kappa shape index (κ1) is 25.5. The van der Waals surface area contributed by atoms with Gasteiger partial charge >= 0.3 is 12.1 Å². The van der Waals surface area contributed by atoms with Crippen LogP contribution in [0.5, 0.6) is 11.5 Å². The van der Waals surface area contributed by atoms with Crippen molar-refractivity contribution in [2.45, 2.75) is 18.2 Å². The van der Waals surface area contributed by atoms with Crippen LogP contribution in [-0.4, -0.2) is 79.4 Å². The molecule has 3 heterocycles. The lowest BCUT2D eigenvalue weighted by Gasteiger charge is -2.33. The van der Waals surface area contributed by atoms with E-state index >= 15 is 0 Å². The third kappa shape index (κ3) is 5.40. The van der Waals surface area contributed by atoms with Crippen molar-refractivity contribution in [3.05, 3.63) is 59.5 Å². The summed E-state index contributed by atoms with van der Waals surface area (Å²) in [5, 5.41) is 10.3. The molecule has 13 nitrogen and oxygen atoms in total. The highest BCUT2D eigenvalue weighted by atomic mass is 32.2. The zero-order chi connectivity index (χ0) is 26.7. The number of rotatable bonds is 7. The van der Waals surface area contributed by atoms with Gasteiger partial charge in [-0.25, -0.2) is 13.2 Å². The number of hydrogen-bond donors (Lipinski definition) is 1. The standard InChI is InChI=1S/C24H25N5O8S/c1-2-34-24(31)28-9-11-29(12-10-28)38(32,33)18-6-4-17(5-7-18)22(30)25-23-27-26-21(37-23)14-16-3-8-19-20(13-16)36-15-35-19/h3-8,13H,2,9-12,14-15H2,1H3,(H,25,27,30). The van der Waals surface area contributed by atoms with E-state index in [0.29, 0.717) is 23.8 Å². The minimum atomic E-state index is -3.79. The first-order valence-electron chi connectivity index (χ1n) is 11.9. The monoisotopic (exact) mass is 543 g/mol. The molecule has 2 aliphatic heterocycles. The summed E-state index contributed by atoms with van der Waals surface area (Å²) in [7, 11) is -3.79. The Bertz CT molecular complexity index is 1430. The van der Waals surface area contributed by atoms with Gasteiger partial charge in [0.2, 0.25) is 22.7 Å². The van der Waals surface area contributed by atoms with Crippen molar-refractivity contribution >= 4 is 28.0 Å². The van der Waals surface area contributed by atoms with E-state index in [-0.39, 0.29) is 56.1 Å². The van der Waals surface area contributed by atoms with Gasteiger partial charge in [-0.3, -0.25) is 10.1 Å². The number of hydrogen-bond acceptors (Lipinski definition) is 10. The summed E-state index contributed by atoms with van der Waals surface area (Å²) in [6, 6.07) is 10.9. The predicted octanol–water partition coefficient (Wildman–Crippen LogP) is 2.10. The molecule has 2 aliphatic rings. The molecule has 2 amide bonds. The largest absolute Gasteiger partial charge is 0.454 e. The Labute approximate surface area is 218 Å². The molecule has 0 radical (unpaired) electrons. The molecule has 3 aromatic rings. The Hall–Kier alpha value is -4.17. The molecular weight excluding hydrogens is 518 g/mol. The minimum Gasteiger partial charge on any atom is -0.454 e. The molecule has 1 saturated heterocycles. The van der Waals surface area contributed by atoms with Gasteiger partial charge in [0, 0.05) is 31.7 Å². The van der Waals surface area contributed by atoms with Crippen LogP contribution in [0.15, 0.2) is 51.8 Å². The Morgan fingerprint density at radius 1 is 1.00 bits per heavy atom. The summed E-state index contributed by atoms with van der Waals surface area (Å²) in [4.78, 5) is 26.0. The van der Waals surface area contributed by atoms with E-state index < -0.39 is 22.0 Å². The summed E-state index contributed by atoms with van der Waals surface area (Å²) in [6.07, 6.45) is -0.124. The highest BCUT2D eigenvalue weighted by Crippen LogP contribution is 2.33. The number of benzene rings is 2. The summed E-state index contributed by atoms with van der Waals surface area (Å²) >= 11 is 0. The fraction of sp³-hybridized carbons (Fsp3) is 0.333. The number of aromatic nitrogens is 2. The van der Waals surface area contributed by atoms with Crippen LogP contribution in [0.4, 0.5) is 10.8 Å². The van der Waals surface area contributed by atoms with Crippen LogP contribution >= 0.6 is 0 Å². The van der Waals surface area contributed by atoms with Gasteiger partial charge in [0.05, 0.1) is 17.9 Å². The Balaban J connectivity index is 1.17. The molecule has 0 atom stereocenters. The summed E-state index contributed by atoms with van der Waals surface area (Å²) in [5.41, 5.74) is 1.08. The van der Waals surface area contributed by atoms with Crippen LogP contribution in [0, 0.1) is 0 Å². The summed E-state index contributed by atoms with van der Waals surface area (Å²) < 4.78 is 48.5. The maximum absolute atomic E-state index is 13.0. The molecular formula is C24H25N5O8S. The Morgan fingerprint density at radius 3 is 2.47 bits per heavy atom. The van der Waals surface area contributed by atoms with E-state index in [0.717, 1.165) is 5.56 Å². The van der Waals surface area contributed by atoms with E-state index in [1.54, 1.807) is 13.0 Å². The molecule has 2 aromatic carbocycles. The van der Waals surface area contributed by atoms with Crippen molar-refractivity contribution in [3.8, 4) is 11.5 Å². The van der Waals surface area contributed by atoms with E-state index in [4.69, 9.17) is 18.6 Å². The Morgan fingerprint density at radius 2 is 1.74 bits per heavy atom. The summed E-state index contributed by atoms with van der Waals surface area (Å²) in [6.45, 7) is 2.91. The molecule has 0 saturated carbocycles. The van der Waals surface area contributed by atoms with E-state index in [2.05, 4.69) is 15.5 Å². The second-order valence-electron chi connectivity index (χ2n) is 8.43. The highest BCUT2D eigenvalue weighted by molar-refractivity contribution is 7.89. The smallest absolute Gasteiger partial charge is 0.409 e. The number of carbonyl (C=O) groups excluding carboxylic acids is 2. The number of amides is 2. The highest BCUT2D eigenvalue weighted by Gasteiger charge is 2.30. The molecule has 14 heteroatoms. The molecule has 1 fully saturated rings. The molecule has 1 aromatic heterocycles. The number of nitrogens with zero attached hydrogens (tertiary/aromatic N) is 4. The molecule has 0 bridgehead atoms. The lowest BCUT2D eigenvalue weighted by atomic mass is 10.1. The van der Waals surface area contributed by atoms with Crippen molar-refractivity contribution in [3.63, 3.8) is 0 Å². The van der Waals surface area contributed by atoms with Gasteiger partial charge < -0.3 is 23.5 Å². The van der Waals surface area contributed by atoms with Crippen LogP contribution in [0.3, 0.4) is 0 Å². The van der Waals surface area contributed by atoms with Gasteiger partial charge in [0.25, 0.3) is 5.91 Å². The third-order valence-electron chi connectivity index (χ3n) is 6.00. The quantitative estimate of drug-likeness (QED) is 0.469. The minimum absolute atomic E-state index is 0.0439. The fourth-order valence-electron chi connectivity index (χ4n) is 4.02. The maximum atomic E-state index is 13.0. The fourth-order valence-corrected chi connectivity index (χ4v) is 5.45. The first-order chi connectivity index (χ1) is 18.3. The van der Waals surface area contributed by atoms with Crippen molar-refractivity contribution < 1.29 is 36.6 Å². The average Bonchev–Trinajstić information content (AvgIpc) is 3.58. The van der Waals surface area contributed by atoms with E-state index in [1.807, 2.05) is 12.1 Å². The van der Waals surface area contributed by atoms with Crippen molar-refractivity contribution in [2.75, 3.05) is 44.9 Å². The molecule has 0 unspecified atom stereocenters. The first-order valence-corrected chi connectivity index (χ1v) is 13.3. The number of carbonyl (C=O) groups is 2. The second kappa shape index (κ2) is 10.7. The van der Waals surface area contributed by atoms with Crippen LogP contribution in [-0.2, 0) is 21.2 Å². The third-order valence-corrected chi connectivity index (χ3v) is 7.91. The van der Waals surface area contributed by atoms with Gasteiger partial charge in [0.1, 0.15) is 0 Å². The lowest BCUT2D eigenvalue weighted by Crippen LogP contribution is -2.50. The SMILES string of the molecule is CCOC(=O)N1CCN(S(=O)(=O)c2ccc(C(=O)Nc3nnc(Cc4ccc5c(c4)OCO5)o3)cc2)CC1. The van der Waals surface area contributed by atoms with Crippen LogP contribution in [0.25, 0.3) is 0 Å². The number of ether oxygens (including phenoxy) is 3. The normalized spacial score (nSPS) is 15.3. The molecule has 1 N–H and O–H groups in total. The predicted molar refractivity (Wildman–Crippen MR) is 131 cm³/mol. The molecule has 38 heavy (non-hydrogen) atoms. The number of nitrogens with one attached hydrogen (secondary N) is 1. The van der Waals surface area contributed by atoms with Crippen molar-refractivity contribution in [1.82, 2.24) is 19.4 Å². The van der Waals surface area contributed by atoms with Crippen molar-refractivity contribution in [1.29, 1.82) is 0 Å². The lowest BCUT2D eigenvalue weighted by molar-refractivity contribution is 0.0933. The average molecular weight is 544 g/mol. The van der Waals surface area contributed by atoms with Gasteiger partial charge in [-0.05, 0) is 48.9 Å². The Kier molecular flexibility index (Phi) is 7.15. The number of fused-ring (bicyclic) bond motifs is 1. The van der Waals surface area contributed by atoms with Crippen LogP contribution in [0.1, 0.15) is 28.7 Å². The number of piperazine rings is 1. The van der Waals surface area contributed by atoms with Crippen LogP contribution < -0.4 is 14.8 Å². The topological polar surface area (TPSA) is 153 Å². The van der Waals surface area contributed by atoms with E-state index in [9.17, 15) is 18.0 Å². The maximum Gasteiger partial charge on any atom is 0.409 e. The van der Waals surface area contributed by atoms with E-state index in [1.165, 1.54) is 33.5 Å². The molecule has 5 rings (SSSR count).